The number of aromatic hydroxyl groups is 1. The van der Waals surface area contributed by atoms with Gasteiger partial charge in [0.05, 0.1) is 36.1 Å². The van der Waals surface area contributed by atoms with Gasteiger partial charge in [0.2, 0.25) is 17.7 Å². The largest absolute Gasteiger partial charge is 0.508 e. The monoisotopic (exact) mass is 933 g/mol. The number of methoxy groups -OCH3 is 1. The van der Waals surface area contributed by atoms with E-state index in [0.29, 0.717) is 57.3 Å². The Morgan fingerprint density at radius 3 is 2.53 bits per heavy atom. The molecule has 0 aliphatic carbocycles. The minimum absolute atomic E-state index is 0.00368. The van der Waals surface area contributed by atoms with Crippen molar-refractivity contribution in [2.45, 2.75) is 117 Å². The average molecular weight is 933 g/mol. The SMILES string of the molecule is CCn1c(-c2cccnc2[C@H](C)OC)c2c3cc(ccc31)-c1cc(O)cc(c1)C[C@H](NC(=O)C(C(C)C)N(C)C(=O)[C@H]1CCCN(C(=O)[C@@H]3CN3)C1)C(=O)N1CCC[C@H](N1)C(=O)OCC(C)(C)C2. The number of fused-ring (bicyclic) bond motifs is 6. The van der Waals surface area contributed by atoms with Crippen molar-refractivity contribution in [1.82, 2.24) is 40.4 Å². The lowest BCUT2D eigenvalue weighted by Crippen LogP contribution is -2.62. The number of carbonyl (C=O) groups excluding carboxylic acids is 5. The van der Waals surface area contributed by atoms with Crippen molar-refractivity contribution in [2.24, 2.45) is 17.3 Å². The smallest absolute Gasteiger partial charge is 0.324 e. The summed E-state index contributed by atoms with van der Waals surface area (Å²) in [5.41, 5.74) is 9.58. The third-order valence-corrected chi connectivity index (χ3v) is 14.1. The molecule has 364 valence electrons. The molecular formula is C52H68N8O8. The van der Waals surface area contributed by atoms with E-state index in [1.807, 2.05) is 39.0 Å². The van der Waals surface area contributed by atoms with Gasteiger partial charge in [0, 0.05) is 81.4 Å². The van der Waals surface area contributed by atoms with E-state index in [1.165, 1.54) is 9.91 Å². The molecule has 68 heavy (non-hydrogen) atoms. The number of likely N-dealkylation sites (tertiary alicyclic amines) is 1. The molecule has 16 heteroatoms. The Morgan fingerprint density at radius 2 is 1.81 bits per heavy atom. The summed E-state index contributed by atoms with van der Waals surface area (Å²) in [6, 6.07) is 12.4. The van der Waals surface area contributed by atoms with E-state index in [4.69, 9.17) is 14.5 Å². The van der Waals surface area contributed by atoms with Gasteiger partial charge in [0.25, 0.3) is 5.91 Å². The highest BCUT2D eigenvalue weighted by Crippen LogP contribution is 2.42. The van der Waals surface area contributed by atoms with Crippen LogP contribution >= 0.6 is 0 Å². The maximum atomic E-state index is 14.8. The van der Waals surface area contributed by atoms with Crippen LogP contribution in [0.3, 0.4) is 0 Å². The first-order chi connectivity index (χ1) is 32.5. The Kier molecular flexibility index (Phi) is 14.3. The van der Waals surface area contributed by atoms with Crippen LogP contribution in [-0.2, 0) is 52.8 Å². The van der Waals surface area contributed by atoms with Crippen LogP contribution in [0.15, 0.2) is 54.7 Å². The number of cyclic esters (lactones) is 1. The number of carbonyl (C=O) groups is 5. The minimum Gasteiger partial charge on any atom is -0.508 e. The molecule has 1 unspecified atom stereocenters. The first-order valence-electron chi connectivity index (χ1n) is 24.3. The molecule has 4 aliphatic rings. The van der Waals surface area contributed by atoms with E-state index in [1.54, 1.807) is 37.4 Å². The molecule has 0 saturated carbocycles. The maximum Gasteiger partial charge on any atom is 0.324 e. The molecule has 4 aliphatic heterocycles. The molecule has 0 radical (unpaired) electrons. The van der Waals surface area contributed by atoms with Gasteiger partial charge >= 0.3 is 5.97 Å². The number of hydrogen-bond donors (Lipinski definition) is 4. The molecule has 4 aromatic rings. The summed E-state index contributed by atoms with van der Waals surface area (Å²) in [4.78, 5) is 78.5. The number of hydrogen-bond acceptors (Lipinski definition) is 11. The predicted octanol–water partition coefficient (Wildman–Crippen LogP) is 5.15. The molecule has 8 rings (SSSR count). The minimum atomic E-state index is -1.16. The zero-order valence-electron chi connectivity index (χ0n) is 40.8. The molecule has 2 aromatic carbocycles. The van der Waals surface area contributed by atoms with Crippen LogP contribution in [0, 0.1) is 17.3 Å². The van der Waals surface area contributed by atoms with E-state index in [9.17, 15) is 29.1 Å². The normalized spacial score (nSPS) is 22.8. The van der Waals surface area contributed by atoms with Gasteiger partial charge in [0.1, 0.15) is 23.9 Å². The third kappa shape index (κ3) is 10.1. The Bertz CT molecular complexity index is 2570. The number of benzene rings is 2. The van der Waals surface area contributed by atoms with Gasteiger partial charge in [-0.05, 0) is 111 Å². The summed E-state index contributed by atoms with van der Waals surface area (Å²) in [5.74, 6) is -2.51. The van der Waals surface area contributed by atoms with Crippen molar-refractivity contribution >= 4 is 40.5 Å². The summed E-state index contributed by atoms with van der Waals surface area (Å²) in [6.07, 6.45) is 4.26. The number of nitrogens with one attached hydrogen (secondary N) is 3. The lowest BCUT2D eigenvalue weighted by atomic mass is 9.84. The number of aromatic nitrogens is 2. The van der Waals surface area contributed by atoms with E-state index >= 15 is 0 Å². The van der Waals surface area contributed by atoms with E-state index in [0.717, 1.165) is 44.5 Å². The topological polar surface area (TPSA) is 198 Å². The fourth-order valence-electron chi connectivity index (χ4n) is 10.5. The molecule has 6 heterocycles. The van der Waals surface area contributed by atoms with Crippen molar-refractivity contribution in [3.05, 3.63) is 71.5 Å². The second-order valence-electron chi connectivity index (χ2n) is 20.3. The molecule has 6 bridgehead atoms. The fraction of sp³-hybridized carbons (Fsp3) is 0.538. The Labute approximate surface area is 399 Å². The number of nitrogens with zero attached hydrogens (tertiary/aromatic N) is 5. The number of pyridine rings is 1. The van der Waals surface area contributed by atoms with Gasteiger partial charge in [-0.3, -0.25) is 34.0 Å². The first-order valence-corrected chi connectivity index (χ1v) is 24.3. The van der Waals surface area contributed by atoms with Crippen LogP contribution < -0.4 is 16.1 Å². The summed E-state index contributed by atoms with van der Waals surface area (Å²) in [6.45, 7) is 14.5. The third-order valence-electron chi connectivity index (χ3n) is 14.1. The number of piperidine rings is 1. The number of aryl methyl sites for hydroxylation is 1. The maximum absolute atomic E-state index is 14.8. The summed E-state index contributed by atoms with van der Waals surface area (Å²) in [5, 5.41) is 19.8. The standard InChI is InChI=1S/C52H68N8O8/c1-9-59-43-17-16-33-25-38(43)39(46(59)37-14-10-18-53-44(37)31(4)67-8)26-52(5,6)29-68-51(66)40-15-12-20-60(56-40)50(65)41(23-32-21-35(33)24-36(61)22-32)55-47(62)45(30(2)3)57(7)48(63)34-13-11-19-58(28-34)49(64)42-27-54-42/h10,14,16-18,21-22,24-25,30-31,34,40-42,45,54,56,61H,9,11-13,15,19-20,23,26-29H2,1-8H3,(H,55,62)/t31-,34-,40-,41-,42-,45?/m0/s1. The molecule has 4 N–H and O–H groups in total. The number of amides is 4. The predicted molar refractivity (Wildman–Crippen MR) is 258 cm³/mol. The van der Waals surface area contributed by atoms with Crippen molar-refractivity contribution in [1.29, 1.82) is 0 Å². The summed E-state index contributed by atoms with van der Waals surface area (Å²) in [7, 11) is 3.29. The van der Waals surface area contributed by atoms with Crippen molar-refractivity contribution in [3.8, 4) is 28.1 Å². The van der Waals surface area contributed by atoms with Crippen LogP contribution in [-0.4, -0.2) is 130 Å². The number of ether oxygens (including phenoxy) is 2. The second kappa shape index (κ2) is 20.0. The molecule has 2 aromatic heterocycles. The molecule has 16 nitrogen and oxygen atoms in total. The number of esters is 1. The van der Waals surface area contributed by atoms with Gasteiger partial charge in [-0.2, -0.15) is 0 Å². The summed E-state index contributed by atoms with van der Waals surface area (Å²) >= 11 is 0. The molecule has 3 fully saturated rings. The van der Waals surface area contributed by atoms with Gasteiger partial charge in [-0.15, -0.1) is 0 Å². The molecule has 4 amide bonds. The van der Waals surface area contributed by atoms with Crippen LogP contribution in [0.1, 0.15) is 90.2 Å². The van der Waals surface area contributed by atoms with Crippen LogP contribution in [0.4, 0.5) is 0 Å². The quantitative estimate of drug-likeness (QED) is 0.121. The van der Waals surface area contributed by atoms with Gasteiger partial charge in [0.15, 0.2) is 0 Å². The van der Waals surface area contributed by atoms with Crippen LogP contribution in [0.5, 0.6) is 5.75 Å². The van der Waals surface area contributed by atoms with E-state index in [2.05, 4.69) is 59.6 Å². The van der Waals surface area contributed by atoms with E-state index in [-0.39, 0.29) is 61.7 Å². The average Bonchev–Trinajstić information content (AvgIpc) is 4.14. The number of phenolic OH excluding ortho intramolecular Hbond substituents is 1. The van der Waals surface area contributed by atoms with Crippen molar-refractivity contribution in [3.63, 3.8) is 0 Å². The molecule has 3 saturated heterocycles. The van der Waals surface area contributed by atoms with Crippen LogP contribution in [0.2, 0.25) is 0 Å². The van der Waals surface area contributed by atoms with Gasteiger partial charge < -0.3 is 39.6 Å². The number of rotatable bonds is 10. The lowest BCUT2D eigenvalue weighted by molar-refractivity contribution is -0.155. The summed E-state index contributed by atoms with van der Waals surface area (Å²) < 4.78 is 14.2. The Morgan fingerprint density at radius 1 is 1.04 bits per heavy atom. The fourth-order valence-corrected chi connectivity index (χ4v) is 10.5. The zero-order chi connectivity index (χ0) is 48.6. The molecule has 0 spiro atoms. The number of hydrazine groups is 1. The highest BCUT2D eigenvalue weighted by atomic mass is 16.5. The molecular weight excluding hydrogens is 865 g/mol. The molecule has 6 atom stereocenters. The Balaban J connectivity index is 1.18. The lowest BCUT2D eigenvalue weighted by Gasteiger charge is -2.38. The van der Waals surface area contributed by atoms with Crippen molar-refractivity contribution in [2.75, 3.05) is 46.9 Å². The van der Waals surface area contributed by atoms with Gasteiger partial charge in [-0.25, -0.2) is 5.43 Å². The number of phenols is 1. The van der Waals surface area contributed by atoms with E-state index < -0.39 is 47.2 Å². The first kappa shape index (κ1) is 48.6. The second-order valence-corrected chi connectivity index (χ2v) is 20.3. The zero-order valence-corrected chi connectivity index (χ0v) is 40.8. The van der Waals surface area contributed by atoms with Crippen LogP contribution in [0.25, 0.3) is 33.3 Å². The van der Waals surface area contributed by atoms with Gasteiger partial charge in [-0.1, -0.05) is 39.8 Å². The number of likely N-dealkylation sites (N-methyl/N-ethyl adjacent to an activating group) is 1. The Hall–Kier alpha value is -5.84. The highest BCUT2D eigenvalue weighted by molar-refractivity contribution is 5.96. The van der Waals surface area contributed by atoms with Crippen molar-refractivity contribution < 1.29 is 38.6 Å². The highest BCUT2D eigenvalue weighted by Gasteiger charge is 2.41.